The lowest BCUT2D eigenvalue weighted by molar-refractivity contribution is -0.144. The summed E-state index contributed by atoms with van der Waals surface area (Å²) in [6.07, 6.45) is 0.345. The molecule has 0 fully saturated rings. The molecule has 0 saturated carbocycles. The highest BCUT2D eigenvalue weighted by Gasteiger charge is 2.17. The van der Waals surface area contributed by atoms with Crippen LogP contribution in [0.2, 0.25) is 0 Å². The minimum Gasteiger partial charge on any atom is -0.493 e. The number of hydrogen-bond acceptors (Lipinski definition) is 4. The molecule has 120 valence electrons. The fourth-order valence-corrected chi connectivity index (χ4v) is 1.84. The van der Waals surface area contributed by atoms with Gasteiger partial charge < -0.3 is 14.6 Å². The molecule has 1 atom stereocenters. The van der Waals surface area contributed by atoms with Gasteiger partial charge >= 0.3 is 5.97 Å². The standard InChI is InChI=1S/C17H16FNO4/c1-11(17(20)21)23-16-12(6-5-9-15(16)22-2)10-19-14-8-4-3-7-13(14)18/h3-11H,1-2H3,(H,20,21)/t11-/m1/s1. The van der Waals surface area contributed by atoms with Gasteiger partial charge in [0.1, 0.15) is 5.82 Å². The quantitative estimate of drug-likeness (QED) is 0.829. The first-order valence-electron chi connectivity index (χ1n) is 6.88. The number of para-hydroxylation sites is 2. The SMILES string of the molecule is COc1cccc(C=Nc2ccccc2F)c1O[C@H](C)C(=O)O. The van der Waals surface area contributed by atoms with Crippen LogP contribution in [0.3, 0.4) is 0 Å². The minimum atomic E-state index is -1.10. The second-order valence-electron chi connectivity index (χ2n) is 4.69. The van der Waals surface area contributed by atoms with E-state index in [1.807, 2.05) is 0 Å². The van der Waals surface area contributed by atoms with E-state index in [1.54, 1.807) is 30.3 Å². The van der Waals surface area contributed by atoms with E-state index in [2.05, 4.69) is 4.99 Å². The van der Waals surface area contributed by atoms with Crippen molar-refractivity contribution in [1.82, 2.24) is 0 Å². The predicted molar refractivity (Wildman–Crippen MR) is 84.4 cm³/mol. The number of carbonyl (C=O) groups is 1. The van der Waals surface area contributed by atoms with Crippen LogP contribution in [0.4, 0.5) is 10.1 Å². The van der Waals surface area contributed by atoms with Crippen LogP contribution in [-0.4, -0.2) is 30.5 Å². The normalized spacial score (nSPS) is 12.1. The average Bonchev–Trinajstić information content (AvgIpc) is 2.54. The van der Waals surface area contributed by atoms with Gasteiger partial charge in [0.05, 0.1) is 12.8 Å². The molecular weight excluding hydrogens is 301 g/mol. The summed E-state index contributed by atoms with van der Waals surface area (Å²) in [6, 6.07) is 11.1. The first-order valence-corrected chi connectivity index (χ1v) is 6.88. The molecule has 0 radical (unpaired) electrons. The van der Waals surface area contributed by atoms with Crippen molar-refractivity contribution in [3.8, 4) is 11.5 Å². The van der Waals surface area contributed by atoms with E-state index in [9.17, 15) is 9.18 Å². The molecule has 0 unspecified atom stereocenters. The van der Waals surface area contributed by atoms with E-state index in [0.29, 0.717) is 11.3 Å². The minimum absolute atomic E-state index is 0.174. The molecule has 0 aliphatic carbocycles. The fraction of sp³-hybridized carbons (Fsp3) is 0.176. The second kappa shape index (κ2) is 7.40. The molecule has 2 aromatic carbocycles. The van der Waals surface area contributed by atoms with E-state index in [-0.39, 0.29) is 11.4 Å². The van der Waals surface area contributed by atoms with Crippen molar-refractivity contribution in [3.05, 3.63) is 53.8 Å². The third-order valence-corrected chi connectivity index (χ3v) is 3.07. The third kappa shape index (κ3) is 4.06. The maximum atomic E-state index is 13.6. The summed E-state index contributed by atoms with van der Waals surface area (Å²) >= 11 is 0. The number of carboxylic acid groups (broad SMARTS) is 1. The summed E-state index contributed by atoms with van der Waals surface area (Å²) in [4.78, 5) is 15.1. The Hall–Kier alpha value is -2.89. The van der Waals surface area contributed by atoms with Gasteiger partial charge in [0, 0.05) is 11.8 Å². The Morgan fingerprint density at radius 1 is 1.26 bits per heavy atom. The molecule has 0 saturated heterocycles. The lowest BCUT2D eigenvalue weighted by Gasteiger charge is -2.15. The second-order valence-corrected chi connectivity index (χ2v) is 4.69. The largest absolute Gasteiger partial charge is 0.493 e. The molecule has 1 N–H and O–H groups in total. The van der Waals surface area contributed by atoms with E-state index >= 15 is 0 Å². The number of benzene rings is 2. The lowest BCUT2D eigenvalue weighted by atomic mass is 10.2. The van der Waals surface area contributed by atoms with Crippen molar-refractivity contribution in [2.45, 2.75) is 13.0 Å². The van der Waals surface area contributed by atoms with Crippen molar-refractivity contribution in [1.29, 1.82) is 0 Å². The highest BCUT2D eigenvalue weighted by Crippen LogP contribution is 2.31. The van der Waals surface area contributed by atoms with Crippen LogP contribution in [0.5, 0.6) is 11.5 Å². The van der Waals surface area contributed by atoms with Crippen LogP contribution in [0.25, 0.3) is 0 Å². The monoisotopic (exact) mass is 317 g/mol. The Morgan fingerprint density at radius 3 is 2.65 bits per heavy atom. The number of aliphatic carboxylic acids is 1. The van der Waals surface area contributed by atoms with Crippen molar-refractivity contribution < 1.29 is 23.8 Å². The van der Waals surface area contributed by atoms with Gasteiger partial charge in [-0.15, -0.1) is 0 Å². The zero-order chi connectivity index (χ0) is 16.8. The average molecular weight is 317 g/mol. The fourth-order valence-electron chi connectivity index (χ4n) is 1.84. The van der Waals surface area contributed by atoms with E-state index in [1.165, 1.54) is 32.4 Å². The molecule has 0 aliphatic heterocycles. The van der Waals surface area contributed by atoms with Gasteiger partial charge in [0.25, 0.3) is 0 Å². The Kier molecular flexibility index (Phi) is 5.30. The van der Waals surface area contributed by atoms with Crippen LogP contribution in [0, 0.1) is 5.82 Å². The molecule has 6 heteroatoms. The van der Waals surface area contributed by atoms with Crippen LogP contribution < -0.4 is 9.47 Å². The zero-order valence-electron chi connectivity index (χ0n) is 12.7. The van der Waals surface area contributed by atoms with Gasteiger partial charge in [-0.2, -0.15) is 0 Å². The van der Waals surface area contributed by atoms with Gasteiger partial charge in [0.15, 0.2) is 17.6 Å². The first-order chi connectivity index (χ1) is 11.0. The van der Waals surface area contributed by atoms with Crippen molar-refractivity contribution in [2.24, 2.45) is 4.99 Å². The Bertz CT molecular complexity index is 730. The summed E-state index contributed by atoms with van der Waals surface area (Å²) < 4.78 is 24.2. The highest BCUT2D eigenvalue weighted by atomic mass is 19.1. The molecule has 0 aliphatic rings. The number of nitrogens with zero attached hydrogens (tertiary/aromatic N) is 1. The van der Waals surface area contributed by atoms with Crippen LogP contribution in [0.15, 0.2) is 47.5 Å². The number of rotatable bonds is 6. The summed E-state index contributed by atoms with van der Waals surface area (Å²) in [5.74, 6) is -0.943. The smallest absolute Gasteiger partial charge is 0.344 e. The summed E-state index contributed by atoms with van der Waals surface area (Å²) in [5, 5.41) is 8.99. The molecular formula is C17H16FNO4. The Morgan fingerprint density at radius 2 is 2.00 bits per heavy atom. The number of hydrogen-bond donors (Lipinski definition) is 1. The number of carboxylic acids is 1. The van der Waals surface area contributed by atoms with E-state index in [4.69, 9.17) is 14.6 Å². The summed E-state index contributed by atoms with van der Waals surface area (Å²) in [5.41, 5.74) is 0.660. The van der Waals surface area contributed by atoms with Gasteiger partial charge in [-0.3, -0.25) is 4.99 Å². The van der Waals surface area contributed by atoms with Gasteiger partial charge in [-0.05, 0) is 31.2 Å². The predicted octanol–water partition coefficient (Wildman–Crippen LogP) is 3.44. The highest BCUT2D eigenvalue weighted by molar-refractivity contribution is 5.87. The maximum absolute atomic E-state index is 13.6. The number of halogens is 1. The van der Waals surface area contributed by atoms with E-state index < -0.39 is 17.9 Å². The topological polar surface area (TPSA) is 68.1 Å². The number of ether oxygens (including phenoxy) is 2. The molecule has 0 aromatic heterocycles. The first kappa shape index (κ1) is 16.5. The van der Waals surface area contributed by atoms with Gasteiger partial charge in [0.2, 0.25) is 0 Å². The molecule has 0 bridgehead atoms. The molecule has 2 rings (SSSR count). The van der Waals surface area contributed by atoms with Crippen LogP contribution in [-0.2, 0) is 4.79 Å². The molecule has 2 aromatic rings. The number of aliphatic imine (C=N–C) groups is 1. The van der Waals surface area contributed by atoms with Crippen LogP contribution in [0.1, 0.15) is 12.5 Å². The molecule has 0 amide bonds. The lowest BCUT2D eigenvalue weighted by Crippen LogP contribution is -2.23. The molecule has 5 nitrogen and oxygen atoms in total. The number of methoxy groups -OCH3 is 1. The maximum Gasteiger partial charge on any atom is 0.344 e. The van der Waals surface area contributed by atoms with Crippen LogP contribution >= 0.6 is 0 Å². The molecule has 0 heterocycles. The Labute approximate surface area is 133 Å². The molecule has 23 heavy (non-hydrogen) atoms. The van der Waals surface area contributed by atoms with Crippen molar-refractivity contribution in [3.63, 3.8) is 0 Å². The zero-order valence-corrected chi connectivity index (χ0v) is 12.7. The van der Waals surface area contributed by atoms with Gasteiger partial charge in [-0.25, -0.2) is 9.18 Å². The molecule has 0 spiro atoms. The van der Waals surface area contributed by atoms with Crippen molar-refractivity contribution in [2.75, 3.05) is 7.11 Å². The Balaban J connectivity index is 2.38. The van der Waals surface area contributed by atoms with Gasteiger partial charge in [-0.1, -0.05) is 18.2 Å². The summed E-state index contributed by atoms with van der Waals surface area (Å²) in [7, 11) is 1.45. The van der Waals surface area contributed by atoms with Crippen molar-refractivity contribution >= 4 is 17.9 Å². The third-order valence-electron chi connectivity index (χ3n) is 3.07. The summed E-state index contributed by atoms with van der Waals surface area (Å²) in [6.45, 7) is 1.41. The van der Waals surface area contributed by atoms with E-state index in [0.717, 1.165) is 0 Å².